The van der Waals surface area contributed by atoms with Gasteiger partial charge in [0.2, 0.25) is 0 Å². The van der Waals surface area contributed by atoms with Crippen LogP contribution in [-0.4, -0.2) is 43.7 Å². The Morgan fingerprint density at radius 2 is 2.42 bits per heavy atom. The Kier molecular flexibility index (Phi) is 3.88. The predicted octanol–water partition coefficient (Wildman–Crippen LogP) is 0.642. The van der Waals surface area contributed by atoms with E-state index in [4.69, 9.17) is 20.5 Å². The van der Waals surface area contributed by atoms with E-state index in [1.807, 2.05) is 6.07 Å². The third-order valence-electron chi connectivity index (χ3n) is 2.95. The molecule has 6 heteroatoms. The minimum absolute atomic E-state index is 0.180. The van der Waals surface area contributed by atoms with E-state index in [-0.39, 0.29) is 12.5 Å². The summed E-state index contributed by atoms with van der Waals surface area (Å²) >= 11 is 0. The highest BCUT2D eigenvalue weighted by molar-refractivity contribution is 5.97. The monoisotopic (exact) mass is 261 g/mol. The lowest BCUT2D eigenvalue weighted by atomic mass is 10.1. The van der Waals surface area contributed by atoms with Crippen molar-refractivity contribution in [3.8, 4) is 11.8 Å². The Bertz CT molecular complexity index is 524. The van der Waals surface area contributed by atoms with Crippen molar-refractivity contribution in [2.24, 2.45) is 0 Å². The molecule has 0 spiro atoms. The van der Waals surface area contributed by atoms with Crippen LogP contribution in [0, 0.1) is 11.3 Å². The van der Waals surface area contributed by atoms with Crippen molar-refractivity contribution in [3.63, 3.8) is 0 Å². The van der Waals surface area contributed by atoms with E-state index >= 15 is 0 Å². The van der Waals surface area contributed by atoms with Crippen molar-refractivity contribution in [2.45, 2.75) is 6.10 Å². The number of hydrogen-bond acceptors (Lipinski definition) is 5. The molecule has 0 radical (unpaired) electrons. The fourth-order valence-corrected chi connectivity index (χ4v) is 1.97. The highest BCUT2D eigenvalue weighted by Crippen LogP contribution is 2.23. The van der Waals surface area contributed by atoms with Gasteiger partial charge in [-0.2, -0.15) is 5.26 Å². The number of carbonyl (C=O) groups is 1. The zero-order chi connectivity index (χ0) is 13.8. The Labute approximate surface area is 111 Å². The van der Waals surface area contributed by atoms with Gasteiger partial charge in [-0.25, -0.2) is 0 Å². The summed E-state index contributed by atoms with van der Waals surface area (Å²) in [6.45, 7) is 1.09. The fourth-order valence-electron chi connectivity index (χ4n) is 1.97. The van der Waals surface area contributed by atoms with E-state index in [1.165, 1.54) is 7.11 Å². The maximum atomic E-state index is 12.4. The van der Waals surface area contributed by atoms with Crippen molar-refractivity contribution in [3.05, 3.63) is 23.8 Å². The van der Waals surface area contributed by atoms with Crippen molar-refractivity contribution >= 4 is 11.6 Å². The highest BCUT2D eigenvalue weighted by Gasteiger charge is 2.26. The summed E-state index contributed by atoms with van der Waals surface area (Å²) in [5, 5.41) is 8.84. The number of amides is 1. The number of methoxy groups -OCH3 is 1. The van der Waals surface area contributed by atoms with E-state index in [1.54, 1.807) is 23.1 Å². The van der Waals surface area contributed by atoms with Crippen LogP contribution in [0.1, 0.15) is 10.4 Å². The normalized spacial score (nSPS) is 18.7. The summed E-state index contributed by atoms with van der Waals surface area (Å²) in [7, 11) is 1.49. The Balaban J connectivity index is 2.22. The number of nitrogens with two attached hydrogens (primary N) is 1. The molecular formula is C13H15N3O3. The first kappa shape index (κ1) is 13.2. The number of anilines is 1. The lowest BCUT2D eigenvalue weighted by Crippen LogP contribution is -2.45. The van der Waals surface area contributed by atoms with Crippen LogP contribution in [0.25, 0.3) is 0 Å². The number of nitriles is 1. The number of morpholine rings is 1. The van der Waals surface area contributed by atoms with Gasteiger partial charge in [0.25, 0.3) is 5.91 Å². The van der Waals surface area contributed by atoms with E-state index < -0.39 is 6.10 Å². The van der Waals surface area contributed by atoms with Crippen LogP contribution in [-0.2, 0) is 4.74 Å². The largest absolute Gasteiger partial charge is 0.496 e. The quantitative estimate of drug-likeness (QED) is 0.789. The van der Waals surface area contributed by atoms with E-state index in [0.29, 0.717) is 30.2 Å². The topological polar surface area (TPSA) is 88.6 Å². The van der Waals surface area contributed by atoms with Crippen molar-refractivity contribution in [1.82, 2.24) is 4.90 Å². The first-order valence-electron chi connectivity index (χ1n) is 5.89. The molecule has 1 atom stereocenters. The van der Waals surface area contributed by atoms with Crippen molar-refractivity contribution in [2.75, 3.05) is 32.5 Å². The Morgan fingerprint density at radius 3 is 3.11 bits per heavy atom. The predicted molar refractivity (Wildman–Crippen MR) is 68.7 cm³/mol. The van der Waals surface area contributed by atoms with Gasteiger partial charge in [0, 0.05) is 18.3 Å². The summed E-state index contributed by atoms with van der Waals surface area (Å²) < 4.78 is 10.4. The zero-order valence-corrected chi connectivity index (χ0v) is 10.6. The van der Waals surface area contributed by atoms with Gasteiger partial charge in [-0.1, -0.05) is 0 Å². The summed E-state index contributed by atoms with van der Waals surface area (Å²) in [6.07, 6.45) is -0.572. The molecule has 6 nitrogen and oxygen atoms in total. The van der Waals surface area contributed by atoms with E-state index in [2.05, 4.69) is 0 Å². The molecule has 2 N–H and O–H groups in total. The van der Waals surface area contributed by atoms with Crippen molar-refractivity contribution in [1.29, 1.82) is 5.26 Å². The lowest BCUT2D eigenvalue weighted by molar-refractivity contribution is 0.00334. The third-order valence-corrected chi connectivity index (χ3v) is 2.95. The molecule has 0 aromatic heterocycles. The van der Waals surface area contributed by atoms with Crippen molar-refractivity contribution < 1.29 is 14.3 Å². The number of benzene rings is 1. The number of ether oxygens (including phenoxy) is 2. The number of nitrogen functional groups attached to an aromatic ring is 1. The number of carbonyl (C=O) groups excluding carboxylic acids is 1. The van der Waals surface area contributed by atoms with Crippen LogP contribution in [0.5, 0.6) is 5.75 Å². The first-order valence-corrected chi connectivity index (χ1v) is 5.89. The molecule has 0 aliphatic carbocycles. The summed E-state index contributed by atoms with van der Waals surface area (Å²) in [4.78, 5) is 14.0. The molecule has 100 valence electrons. The number of hydrogen-bond donors (Lipinski definition) is 1. The molecule has 1 aliphatic rings. The summed E-state index contributed by atoms with van der Waals surface area (Å²) in [5.74, 6) is 0.255. The van der Waals surface area contributed by atoms with Crippen LogP contribution in [0.2, 0.25) is 0 Å². The van der Waals surface area contributed by atoms with E-state index in [9.17, 15) is 4.79 Å². The maximum absolute atomic E-state index is 12.4. The van der Waals surface area contributed by atoms with Gasteiger partial charge in [0.15, 0.2) is 6.10 Å². The molecule has 0 bridgehead atoms. The molecule has 1 heterocycles. The van der Waals surface area contributed by atoms with Gasteiger partial charge >= 0.3 is 0 Å². The van der Waals surface area contributed by atoms with Gasteiger partial charge in [-0.15, -0.1) is 0 Å². The second kappa shape index (κ2) is 5.59. The van der Waals surface area contributed by atoms with Gasteiger partial charge in [0.05, 0.1) is 31.9 Å². The van der Waals surface area contributed by atoms with Gasteiger partial charge < -0.3 is 20.1 Å². The number of nitrogens with zero attached hydrogens (tertiary/aromatic N) is 2. The molecule has 1 unspecified atom stereocenters. The van der Waals surface area contributed by atoms with Crippen LogP contribution in [0.3, 0.4) is 0 Å². The molecule has 1 aromatic carbocycles. The Morgan fingerprint density at radius 1 is 1.63 bits per heavy atom. The molecule has 1 aliphatic heterocycles. The smallest absolute Gasteiger partial charge is 0.257 e. The average Bonchev–Trinajstić information content (AvgIpc) is 2.46. The van der Waals surface area contributed by atoms with Crippen LogP contribution < -0.4 is 10.5 Å². The SMILES string of the molecule is COc1cc(N)ccc1C(=O)N1CCOC(C#N)C1. The van der Waals surface area contributed by atoms with Crippen LogP contribution in [0.4, 0.5) is 5.69 Å². The first-order chi connectivity index (χ1) is 9.15. The average molecular weight is 261 g/mol. The zero-order valence-electron chi connectivity index (χ0n) is 10.6. The maximum Gasteiger partial charge on any atom is 0.257 e. The van der Waals surface area contributed by atoms with E-state index in [0.717, 1.165) is 0 Å². The minimum atomic E-state index is -0.572. The standard InChI is InChI=1S/C13H15N3O3/c1-18-12-6-9(15)2-3-11(12)13(17)16-4-5-19-10(7-14)8-16/h2-3,6,10H,4-5,8,15H2,1H3. The molecule has 1 saturated heterocycles. The van der Waals surface area contributed by atoms with Gasteiger partial charge in [-0.05, 0) is 12.1 Å². The van der Waals surface area contributed by atoms with Crippen LogP contribution in [0.15, 0.2) is 18.2 Å². The van der Waals surface area contributed by atoms with Gasteiger partial charge in [-0.3, -0.25) is 4.79 Å². The second-order valence-corrected chi connectivity index (χ2v) is 4.20. The molecule has 1 aromatic rings. The van der Waals surface area contributed by atoms with Crippen LogP contribution >= 0.6 is 0 Å². The minimum Gasteiger partial charge on any atom is -0.496 e. The molecule has 2 rings (SSSR count). The summed E-state index contributed by atoms with van der Waals surface area (Å²) in [6, 6.07) is 6.90. The Hall–Kier alpha value is -2.26. The highest BCUT2D eigenvalue weighted by atomic mass is 16.5. The number of rotatable bonds is 2. The van der Waals surface area contributed by atoms with Gasteiger partial charge in [0.1, 0.15) is 5.75 Å². The second-order valence-electron chi connectivity index (χ2n) is 4.20. The fraction of sp³-hybridized carbons (Fsp3) is 0.385. The molecule has 19 heavy (non-hydrogen) atoms. The third kappa shape index (κ3) is 2.77. The molecule has 1 amide bonds. The molecule has 1 fully saturated rings. The lowest BCUT2D eigenvalue weighted by Gasteiger charge is -2.30. The molecular weight excluding hydrogens is 246 g/mol. The molecule has 0 saturated carbocycles. The summed E-state index contributed by atoms with van der Waals surface area (Å²) in [5.41, 5.74) is 6.63.